The highest BCUT2D eigenvalue weighted by Crippen LogP contribution is 2.25. The maximum atomic E-state index is 2.41. The van der Waals surface area contributed by atoms with Gasteiger partial charge in [-0.05, 0) is 66.3 Å². The zero-order valence-electron chi connectivity index (χ0n) is 17.7. The van der Waals surface area contributed by atoms with Crippen LogP contribution in [0.2, 0.25) is 0 Å². The Hall–Kier alpha value is -3.00. The molecule has 0 bridgehead atoms. The smallest absolute Gasteiger partial charge is 0.0452 e. The molecular weight excluding hydrogens is 352 g/mol. The Bertz CT molecular complexity index is 993. The summed E-state index contributed by atoms with van der Waals surface area (Å²) < 4.78 is 0. The molecule has 1 unspecified atom stereocenters. The first-order chi connectivity index (χ1) is 14.1. The molecule has 148 valence electrons. The molecule has 0 saturated carbocycles. The van der Waals surface area contributed by atoms with Gasteiger partial charge in [-0.1, -0.05) is 60.7 Å². The van der Waals surface area contributed by atoms with Gasteiger partial charge in [0.25, 0.3) is 0 Å². The van der Waals surface area contributed by atoms with E-state index in [9.17, 15) is 0 Å². The largest absolute Gasteiger partial charge is 0.369 e. The molecule has 2 nitrogen and oxygen atoms in total. The van der Waals surface area contributed by atoms with E-state index in [1.807, 2.05) is 0 Å². The zero-order valence-corrected chi connectivity index (χ0v) is 17.7. The fraction of sp³-hybridized carbons (Fsp3) is 0.259. The Morgan fingerprint density at radius 1 is 0.793 bits per heavy atom. The molecule has 2 aliphatic heterocycles. The van der Waals surface area contributed by atoms with Crippen molar-refractivity contribution in [2.24, 2.45) is 0 Å². The second kappa shape index (κ2) is 8.57. The van der Waals surface area contributed by atoms with E-state index in [1.54, 1.807) is 0 Å². The van der Waals surface area contributed by atoms with Gasteiger partial charge in [-0.2, -0.15) is 0 Å². The van der Waals surface area contributed by atoms with Crippen LogP contribution in [0.5, 0.6) is 0 Å². The quantitative estimate of drug-likeness (QED) is 0.635. The average Bonchev–Trinajstić information content (AvgIpc) is 2.73. The predicted molar refractivity (Wildman–Crippen MR) is 122 cm³/mol. The maximum absolute atomic E-state index is 2.41. The first-order valence-corrected chi connectivity index (χ1v) is 10.5. The summed E-state index contributed by atoms with van der Waals surface area (Å²) in [5.74, 6) is 0. The first kappa shape index (κ1) is 19.3. The minimum absolute atomic E-state index is 0.383. The number of nitrogens with zero attached hydrogens (tertiary/aromatic N) is 2. The van der Waals surface area contributed by atoms with Crippen LogP contribution in [0.3, 0.4) is 0 Å². The van der Waals surface area contributed by atoms with E-state index in [0.29, 0.717) is 6.04 Å². The van der Waals surface area contributed by atoms with Crippen LogP contribution in [-0.4, -0.2) is 22.4 Å². The summed E-state index contributed by atoms with van der Waals surface area (Å²) in [4.78, 5) is 4.77. The fourth-order valence-electron chi connectivity index (χ4n) is 3.96. The number of rotatable bonds is 5. The molecule has 0 fully saturated rings. The van der Waals surface area contributed by atoms with Crippen LogP contribution >= 0.6 is 0 Å². The number of allylic oxidation sites excluding steroid dienone is 4. The highest BCUT2D eigenvalue weighted by Gasteiger charge is 2.16. The molecule has 0 radical (unpaired) electrons. The molecule has 2 heteroatoms. The van der Waals surface area contributed by atoms with Crippen molar-refractivity contribution in [3.8, 4) is 0 Å². The second-order valence-corrected chi connectivity index (χ2v) is 8.11. The number of hydrogen-bond acceptors (Lipinski definition) is 2. The molecule has 29 heavy (non-hydrogen) atoms. The molecule has 1 atom stereocenters. The van der Waals surface area contributed by atoms with E-state index < -0.39 is 0 Å². The van der Waals surface area contributed by atoms with Gasteiger partial charge >= 0.3 is 0 Å². The lowest BCUT2D eigenvalue weighted by Crippen LogP contribution is -2.29. The van der Waals surface area contributed by atoms with E-state index in [4.69, 9.17) is 0 Å². The van der Waals surface area contributed by atoms with Crippen LogP contribution in [0, 0.1) is 13.8 Å². The molecule has 0 aliphatic carbocycles. The van der Waals surface area contributed by atoms with Crippen LogP contribution in [0.1, 0.15) is 29.2 Å². The molecule has 0 aromatic heterocycles. The zero-order chi connectivity index (χ0) is 20.2. The van der Waals surface area contributed by atoms with E-state index in [0.717, 1.165) is 19.6 Å². The normalized spacial score (nSPS) is 18.7. The molecule has 2 aromatic rings. The van der Waals surface area contributed by atoms with E-state index >= 15 is 0 Å². The SMILES string of the molecule is Cc1ccccc1CN1C=CC(C2=CC(C)N(Cc3ccccc3C)C=C2)=CC1. The molecule has 2 heterocycles. The summed E-state index contributed by atoms with van der Waals surface area (Å²) in [5.41, 5.74) is 8.15. The molecule has 0 saturated heterocycles. The Labute approximate surface area is 175 Å². The maximum Gasteiger partial charge on any atom is 0.0452 e. The van der Waals surface area contributed by atoms with Gasteiger partial charge in [0.1, 0.15) is 0 Å². The average molecular weight is 383 g/mol. The highest BCUT2D eigenvalue weighted by atomic mass is 15.1. The Morgan fingerprint density at radius 3 is 2.00 bits per heavy atom. The van der Waals surface area contributed by atoms with Crippen molar-refractivity contribution < 1.29 is 0 Å². The summed E-state index contributed by atoms with van der Waals surface area (Å²) in [7, 11) is 0. The van der Waals surface area contributed by atoms with Gasteiger partial charge in [-0.3, -0.25) is 0 Å². The van der Waals surface area contributed by atoms with Gasteiger partial charge in [0.2, 0.25) is 0 Å². The van der Waals surface area contributed by atoms with Crippen molar-refractivity contribution in [2.45, 2.75) is 39.9 Å². The summed E-state index contributed by atoms with van der Waals surface area (Å²) in [5, 5.41) is 0. The highest BCUT2D eigenvalue weighted by molar-refractivity contribution is 5.49. The monoisotopic (exact) mass is 382 g/mol. The van der Waals surface area contributed by atoms with Gasteiger partial charge in [-0.25, -0.2) is 0 Å². The number of hydrogen-bond donors (Lipinski definition) is 0. The van der Waals surface area contributed by atoms with Crippen molar-refractivity contribution in [1.82, 2.24) is 9.80 Å². The van der Waals surface area contributed by atoms with Gasteiger partial charge in [0, 0.05) is 38.1 Å². The van der Waals surface area contributed by atoms with Crippen molar-refractivity contribution in [1.29, 1.82) is 0 Å². The van der Waals surface area contributed by atoms with E-state index in [2.05, 4.69) is 116 Å². The van der Waals surface area contributed by atoms with Gasteiger partial charge in [0.15, 0.2) is 0 Å². The minimum atomic E-state index is 0.383. The first-order valence-electron chi connectivity index (χ1n) is 10.5. The molecule has 0 amide bonds. The van der Waals surface area contributed by atoms with Gasteiger partial charge < -0.3 is 9.80 Å². The predicted octanol–water partition coefficient (Wildman–Crippen LogP) is 5.90. The summed E-state index contributed by atoms with van der Waals surface area (Å²) >= 11 is 0. The summed E-state index contributed by atoms with van der Waals surface area (Å²) in [6.07, 6.45) is 13.7. The molecule has 0 spiro atoms. The Kier molecular flexibility index (Phi) is 5.71. The van der Waals surface area contributed by atoms with Crippen molar-refractivity contribution in [3.63, 3.8) is 0 Å². The lowest BCUT2D eigenvalue weighted by Gasteiger charge is -2.31. The minimum Gasteiger partial charge on any atom is -0.369 e. The third-order valence-corrected chi connectivity index (χ3v) is 5.98. The van der Waals surface area contributed by atoms with Crippen molar-refractivity contribution >= 4 is 0 Å². The second-order valence-electron chi connectivity index (χ2n) is 8.11. The van der Waals surface area contributed by atoms with Crippen molar-refractivity contribution in [3.05, 3.63) is 119 Å². The fourth-order valence-corrected chi connectivity index (χ4v) is 3.96. The topological polar surface area (TPSA) is 6.48 Å². The lowest BCUT2D eigenvalue weighted by atomic mass is 9.98. The Morgan fingerprint density at radius 2 is 1.41 bits per heavy atom. The molecule has 4 rings (SSSR count). The lowest BCUT2D eigenvalue weighted by molar-refractivity contribution is 0.323. The molecule has 2 aliphatic rings. The number of benzene rings is 2. The molecular formula is C27H30N2. The van der Waals surface area contributed by atoms with Gasteiger partial charge in [0.05, 0.1) is 0 Å². The van der Waals surface area contributed by atoms with Crippen LogP contribution in [-0.2, 0) is 13.1 Å². The molecule has 2 aromatic carbocycles. The summed E-state index contributed by atoms with van der Waals surface area (Å²) in [6.45, 7) is 9.52. The standard InChI is InChI=1S/C27H30N2/c1-21-8-4-6-10-26(21)19-28-15-12-24(13-16-28)25-14-17-29(23(3)18-25)20-27-11-7-5-9-22(27)2/h4-15,17-18,23H,16,19-20H2,1-3H3. The third-order valence-electron chi connectivity index (χ3n) is 5.98. The van der Waals surface area contributed by atoms with Crippen LogP contribution in [0.25, 0.3) is 0 Å². The number of aryl methyl sites for hydroxylation is 2. The van der Waals surface area contributed by atoms with Crippen LogP contribution in [0.4, 0.5) is 0 Å². The van der Waals surface area contributed by atoms with Gasteiger partial charge in [-0.15, -0.1) is 0 Å². The molecule has 0 N–H and O–H groups in total. The van der Waals surface area contributed by atoms with Crippen LogP contribution < -0.4 is 0 Å². The van der Waals surface area contributed by atoms with E-state index in [1.165, 1.54) is 33.4 Å². The van der Waals surface area contributed by atoms with Crippen molar-refractivity contribution in [2.75, 3.05) is 6.54 Å². The van der Waals surface area contributed by atoms with E-state index in [-0.39, 0.29) is 0 Å². The Balaban J connectivity index is 1.38. The third kappa shape index (κ3) is 4.54. The summed E-state index contributed by atoms with van der Waals surface area (Å²) in [6, 6.07) is 17.7. The van der Waals surface area contributed by atoms with Crippen LogP contribution in [0.15, 0.2) is 96.4 Å².